The van der Waals surface area contributed by atoms with Crippen molar-refractivity contribution in [1.82, 2.24) is 9.38 Å². The van der Waals surface area contributed by atoms with Crippen LogP contribution in [0.15, 0.2) is 42.6 Å². The van der Waals surface area contributed by atoms with Crippen LogP contribution in [-0.4, -0.2) is 9.38 Å². The average molecular weight is 289 g/mol. The van der Waals surface area contributed by atoms with Crippen molar-refractivity contribution in [3.05, 3.63) is 59.4 Å². The Morgan fingerprint density at radius 3 is 2.36 bits per heavy atom. The van der Waals surface area contributed by atoms with Crippen molar-refractivity contribution in [3.63, 3.8) is 0 Å². The van der Waals surface area contributed by atoms with E-state index in [0.717, 1.165) is 22.5 Å². The highest BCUT2D eigenvalue weighted by atomic mass is 15.0. The van der Waals surface area contributed by atoms with E-state index in [9.17, 15) is 5.26 Å². The molecule has 0 fully saturated rings. The van der Waals surface area contributed by atoms with E-state index in [4.69, 9.17) is 0 Å². The highest BCUT2D eigenvalue weighted by molar-refractivity contribution is 5.70. The summed E-state index contributed by atoms with van der Waals surface area (Å²) in [6.45, 7) is 8.60. The Labute approximate surface area is 130 Å². The number of pyridine rings is 1. The van der Waals surface area contributed by atoms with Crippen molar-refractivity contribution in [2.45, 2.75) is 33.1 Å². The first-order chi connectivity index (χ1) is 10.4. The van der Waals surface area contributed by atoms with Gasteiger partial charge in [0.15, 0.2) is 5.69 Å². The van der Waals surface area contributed by atoms with Gasteiger partial charge in [-0.15, -0.1) is 0 Å². The molecule has 0 saturated carbocycles. The minimum Gasteiger partial charge on any atom is -0.291 e. The quantitative estimate of drug-likeness (QED) is 0.662. The van der Waals surface area contributed by atoms with Gasteiger partial charge in [-0.3, -0.25) is 4.40 Å². The van der Waals surface area contributed by atoms with Gasteiger partial charge in [-0.1, -0.05) is 45.0 Å². The molecule has 3 heteroatoms. The molecule has 22 heavy (non-hydrogen) atoms. The Morgan fingerprint density at radius 1 is 1.09 bits per heavy atom. The number of nitriles is 1. The van der Waals surface area contributed by atoms with Gasteiger partial charge in [0.2, 0.25) is 0 Å². The number of aryl methyl sites for hydroxylation is 1. The van der Waals surface area contributed by atoms with Gasteiger partial charge in [-0.05, 0) is 35.6 Å². The van der Waals surface area contributed by atoms with Crippen LogP contribution in [-0.2, 0) is 5.41 Å². The lowest BCUT2D eigenvalue weighted by Gasteiger charge is -2.18. The van der Waals surface area contributed by atoms with E-state index >= 15 is 0 Å². The molecule has 0 unspecified atom stereocenters. The number of hydrogen-bond donors (Lipinski definition) is 0. The molecule has 1 aromatic carbocycles. The maximum absolute atomic E-state index is 9.51. The molecule has 0 spiro atoms. The van der Waals surface area contributed by atoms with Crippen molar-refractivity contribution in [3.8, 4) is 17.3 Å². The van der Waals surface area contributed by atoms with Gasteiger partial charge >= 0.3 is 0 Å². The van der Waals surface area contributed by atoms with E-state index in [2.05, 4.69) is 56.1 Å². The van der Waals surface area contributed by atoms with Crippen molar-refractivity contribution < 1.29 is 0 Å². The molecule has 3 nitrogen and oxygen atoms in total. The summed E-state index contributed by atoms with van der Waals surface area (Å²) in [7, 11) is 0. The minimum atomic E-state index is 0.118. The molecular formula is C19H19N3. The SMILES string of the molecule is Cc1ccn2c(C#N)c(-c3ccc(C(C)(C)C)cc3)nc2c1. The molecule has 0 amide bonds. The summed E-state index contributed by atoms with van der Waals surface area (Å²) in [6, 6.07) is 14.6. The molecule has 3 rings (SSSR count). The van der Waals surface area contributed by atoms with Crippen LogP contribution in [0.1, 0.15) is 37.6 Å². The second-order valence-electron chi connectivity index (χ2n) is 6.68. The summed E-state index contributed by atoms with van der Waals surface area (Å²) in [5.74, 6) is 0. The fraction of sp³-hybridized carbons (Fsp3) is 0.263. The molecule has 0 atom stereocenters. The van der Waals surface area contributed by atoms with Crippen molar-refractivity contribution in [1.29, 1.82) is 5.26 Å². The largest absolute Gasteiger partial charge is 0.291 e. The van der Waals surface area contributed by atoms with Gasteiger partial charge in [0.25, 0.3) is 0 Å². The van der Waals surface area contributed by atoms with Crippen molar-refractivity contribution >= 4 is 5.65 Å². The Bertz CT molecular complexity index is 872. The molecule has 0 aliphatic heterocycles. The van der Waals surface area contributed by atoms with Crippen LogP contribution in [0.3, 0.4) is 0 Å². The summed E-state index contributed by atoms with van der Waals surface area (Å²) < 4.78 is 1.85. The van der Waals surface area contributed by atoms with E-state index in [-0.39, 0.29) is 5.41 Å². The summed E-state index contributed by atoms with van der Waals surface area (Å²) >= 11 is 0. The molecule has 110 valence electrons. The Balaban J connectivity index is 2.16. The number of fused-ring (bicyclic) bond motifs is 1. The van der Waals surface area contributed by atoms with Crippen LogP contribution < -0.4 is 0 Å². The second-order valence-corrected chi connectivity index (χ2v) is 6.68. The van der Waals surface area contributed by atoms with Crippen molar-refractivity contribution in [2.24, 2.45) is 0 Å². The number of aromatic nitrogens is 2. The fourth-order valence-electron chi connectivity index (χ4n) is 2.58. The molecule has 0 radical (unpaired) electrons. The first-order valence-corrected chi connectivity index (χ1v) is 7.40. The van der Waals surface area contributed by atoms with Crippen LogP contribution in [0, 0.1) is 18.3 Å². The molecule has 0 saturated heterocycles. The lowest BCUT2D eigenvalue weighted by Crippen LogP contribution is -2.10. The summed E-state index contributed by atoms with van der Waals surface area (Å²) in [6.07, 6.45) is 1.91. The van der Waals surface area contributed by atoms with Crippen LogP contribution >= 0.6 is 0 Å². The van der Waals surface area contributed by atoms with Crippen LogP contribution in [0.25, 0.3) is 16.9 Å². The number of nitrogens with zero attached hydrogens (tertiary/aromatic N) is 3. The van der Waals surface area contributed by atoms with E-state index in [1.165, 1.54) is 5.56 Å². The Morgan fingerprint density at radius 2 is 1.77 bits per heavy atom. The molecule has 2 heterocycles. The topological polar surface area (TPSA) is 41.1 Å². The molecule has 0 N–H and O–H groups in total. The number of hydrogen-bond acceptors (Lipinski definition) is 2. The highest BCUT2D eigenvalue weighted by Crippen LogP contribution is 2.28. The smallest absolute Gasteiger partial charge is 0.152 e. The molecule has 0 aliphatic carbocycles. The normalized spacial score (nSPS) is 11.6. The highest BCUT2D eigenvalue weighted by Gasteiger charge is 2.16. The third-order valence-corrected chi connectivity index (χ3v) is 3.91. The third kappa shape index (κ3) is 2.37. The molecule has 3 aromatic rings. The zero-order valence-electron chi connectivity index (χ0n) is 13.4. The Hall–Kier alpha value is -2.60. The van der Waals surface area contributed by atoms with Crippen LogP contribution in [0.5, 0.6) is 0 Å². The van der Waals surface area contributed by atoms with Crippen LogP contribution in [0.4, 0.5) is 0 Å². The lowest BCUT2D eigenvalue weighted by atomic mass is 9.86. The van der Waals surface area contributed by atoms with Gasteiger partial charge < -0.3 is 0 Å². The number of imidazole rings is 1. The molecule has 0 aliphatic rings. The fourth-order valence-corrected chi connectivity index (χ4v) is 2.58. The summed E-state index contributed by atoms with van der Waals surface area (Å²) in [4.78, 5) is 4.65. The summed E-state index contributed by atoms with van der Waals surface area (Å²) in [5, 5.41) is 9.51. The summed E-state index contributed by atoms with van der Waals surface area (Å²) in [5.41, 5.74) is 5.64. The van der Waals surface area contributed by atoms with E-state index in [1.807, 2.05) is 29.7 Å². The first-order valence-electron chi connectivity index (χ1n) is 7.40. The number of rotatable bonds is 1. The molecule has 2 aromatic heterocycles. The maximum Gasteiger partial charge on any atom is 0.152 e. The standard InChI is InChI=1S/C19H19N3/c1-13-9-10-22-16(12-20)18(21-17(22)11-13)14-5-7-15(8-6-14)19(2,3)4/h5-11H,1-4H3. The zero-order valence-corrected chi connectivity index (χ0v) is 13.4. The average Bonchev–Trinajstić information content (AvgIpc) is 2.84. The van der Waals surface area contributed by atoms with E-state index in [1.54, 1.807) is 0 Å². The van der Waals surface area contributed by atoms with Gasteiger partial charge in [-0.25, -0.2) is 4.98 Å². The maximum atomic E-state index is 9.51. The first kappa shape index (κ1) is 14.3. The van der Waals surface area contributed by atoms with E-state index in [0.29, 0.717) is 5.69 Å². The predicted molar refractivity (Wildman–Crippen MR) is 88.8 cm³/mol. The van der Waals surface area contributed by atoms with Gasteiger partial charge in [0, 0.05) is 11.8 Å². The monoisotopic (exact) mass is 289 g/mol. The van der Waals surface area contributed by atoms with Gasteiger partial charge in [0.1, 0.15) is 17.4 Å². The Kier molecular flexibility index (Phi) is 3.26. The van der Waals surface area contributed by atoms with Gasteiger partial charge in [0.05, 0.1) is 0 Å². The molecular weight excluding hydrogens is 270 g/mol. The molecule has 0 bridgehead atoms. The lowest BCUT2D eigenvalue weighted by molar-refractivity contribution is 0.590. The minimum absolute atomic E-state index is 0.118. The number of benzene rings is 1. The predicted octanol–water partition coefficient (Wildman–Crippen LogP) is 4.48. The third-order valence-electron chi connectivity index (χ3n) is 3.91. The van der Waals surface area contributed by atoms with E-state index < -0.39 is 0 Å². The van der Waals surface area contributed by atoms with Crippen LogP contribution in [0.2, 0.25) is 0 Å². The zero-order chi connectivity index (χ0) is 15.9. The second kappa shape index (κ2) is 4.99. The van der Waals surface area contributed by atoms with Crippen molar-refractivity contribution in [2.75, 3.05) is 0 Å². The van der Waals surface area contributed by atoms with Gasteiger partial charge in [-0.2, -0.15) is 5.26 Å².